The Morgan fingerprint density at radius 3 is 2.27 bits per heavy atom. The molecule has 0 aliphatic rings. The third-order valence-electron chi connectivity index (χ3n) is 3.96. The van der Waals surface area contributed by atoms with Gasteiger partial charge in [0.1, 0.15) is 0 Å². The molecule has 0 aliphatic carbocycles. The number of aromatic hydroxyl groups is 1. The summed E-state index contributed by atoms with van der Waals surface area (Å²) >= 11 is 0. The maximum atomic E-state index is 10.8. The molecule has 1 rings (SSSR count). The fourth-order valence-electron chi connectivity index (χ4n) is 2.81. The van der Waals surface area contributed by atoms with E-state index < -0.39 is 6.16 Å². The van der Waals surface area contributed by atoms with Gasteiger partial charge in [-0.3, -0.25) is 0 Å². The molecule has 0 saturated carbocycles. The molecule has 0 fully saturated rings. The molecule has 0 amide bonds. The number of carboxylic acid groups (broad SMARTS) is 1. The fraction of sp³-hybridized carbons (Fsp3) is 0.611. The molecule has 0 bridgehead atoms. The van der Waals surface area contributed by atoms with Gasteiger partial charge in [0.2, 0.25) is 0 Å². The molecule has 124 valence electrons. The van der Waals surface area contributed by atoms with Gasteiger partial charge in [0.05, 0.1) is 0 Å². The number of hydrogen-bond acceptors (Lipinski definition) is 3. The van der Waals surface area contributed by atoms with Crippen molar-refractivity contribution in [3.8, 4) is 11.5 Å². The van der Waals surface area contributed by atoms with Crippen molar-refractivity contribution in [1.82, 2.24) is 0 Å². The van der Waals surface area contributed by atoms with Crippen LogP contribution in [0.15, 0.2) is 6.07 Å². The van der Waals surface area contributed by atoms with E-state index in [0.717, 1.165) is 56.1 Å². The Labute approximate surface area is 133 Å². The second kappa shape index (κ2) is 9.34. The minimum atomic E-state index is -1.39. The first-order valence-corrected chi connectivity index (χ1v) is 8.32. The largest absolute Gasteiger partial charge is 0.511 e. The van der Waals surface area contributed by atoms with Crippen LogP contribution in [0.1, 0.15) is 69.6 Å². The van der Waals surface area contributed by atoms with E-state index in [0.29, 0.717) is 6.42 Å². The van der Waals surface area contributed by atoms with Gasteiger partial charge in [-0.1, -0.05) is 40.0 Å². The number of hydrogen-bond donors (Lipinski definition) is 2. The molecule has 22 heavy (non-hydrogen) atoms. The summed E-state index contributed by atoms with van der Waals surface area (Å²) in [5.74, 6) is 0.0475. The van der Waals surface area contributed by atoms with Gasteiger partial charge in [-0.25, -0.2) is 4.79 Å². The lowest BCUT2D eigenvalue weighted by atomic mass is 9.91. The van der Waals surface area contributed by atoms with Crippen LogP contribution >= 0.6 is 0 Å². The number of carbonyl (C=O) groups is 1. The Hall–Kier alpha value is -1.71. The zero-order valence-corrected chi connectivity index (χ0v) is 13.9. The maximum absolute atomic E-state index is 10.8. The van der Waals surface area contributed by atoms with Crippen molar-refractivity contribution in [3.63, 3.8) is 0 Å². The summed E-state index contributed by atoms with van der Waals surface area (Å²) in [5.41, 5.74) is 3.13. The van der Waals surface area contributed by atoms with Crippen molar-refractivity contribution < 1.29 is 19.7 Å². The predicted molar refractivity (Wildman–Crippen MR) is 88.0 cm³/mol. The zero-order chi connectivity index (χ0) is 16.5. The van der Waals surface area contributed by atoms with Crippen molar-refractivity contribution in [2.24, 2.45) is 0 Å². The molecular weight excluding hydrogens is 280 g/mol. The number of rotatable bonds is 9. The minimum absolute atomic E-state index is 0.0183. The van der Waals surface area contributed by atoms with Crippen LogP contribution in [-0.2, 0) is 19.3 Å². The van der Waals surface area contributed by atoms with Crippen molar-refractivity contribution in [2.45, 2.75) is 72.1 Å². The number of ether oxygens (including phenoxy) is 1. The summed E-state index contributed by atoms with van der Waals surface area (Å²) < 4.78 is 4.76. The lowest BCUT2D eigenvalue weighted by Crippen LogP contribution is -2.07. The van der Waals surface area contributed by atoms with E-state index in [1.54, 1.807) is 6.07 Å². The number of unbranched alkanes of at least 4 members (excludes halogenated alkanes) is 3. The van der Waals surface area contributed by atoms with Crippen LogP contribution in [0.3, 0.4) is 0 Å². The maximum Gasteiger partial charge on any atom is 0.511 e. The summed E-state index contributed by atoms with van der Waals surface area (Å²) in [6.45, 7) is 6.28. The molecule has 1 aromatic carbocycles. The van der Waals surface area contributed by atoms with Crippen LogP contribution in [0.5, 0.6) is 11.5 Å². The Morgan fingerprint density at radius 1 is 1.05 bits per heavy atom. The van der Waals surface area contributed by atoms with Gasteiger partial charge in [-0.2, -0.15) is 0 Å². The SMILES string of the molecule is CCCCCc1cc(OC(=O)O)c(O)c(CC)c1CCCC. The van der Waals surface area contributed by atoms with Gasteiger partial charge in [-0.05, 0) is 49.3 Å². The topological polar surface area (TPSA) is 66.8 Å². The van der Waals surface area contributed by atoms with Gasteiger partial charge in [0, 0.05) is 5.56 Å². The van der Waals surface area contributed by atoms with Crippen LogP contribution in [0.2, 0.25) is 0 Å². The average Bonchev–Trinajstić information content (AvgIpc) is 2.48. The van der Waals surface area contributed by atoms with E-state index in [4.69, 9.17) is 9.84 Å². The van der Waals surface area contributed by atoms with E-state index in [-0.39, 0.29) is 11.5 Å². The molecule has 1 aromatic rings. The number of phenolic OH excluding ortho intramolecular Hbond substituents is 1. The first-order chi connectivity index (χ1) is 10.5. The third-order valence-corrected chi connectivity index (χ3v) is 3.96. The van der Waals surface area contributed by atoms with E-state index in [2.05, 4.69) is 13.8 Å². The zero-order valence-electron chi connectivity index (χ0n) is 13.9. The van der Waals surface area contributed by atoms with E-state index in [9.17, 15) is 9.90 Å². The molecule has 2 N–H and O–H groups in total. The Morgan fingerprint density at radius 2 is 1.73 bits per heavy atom. The molecular formula is C18H28O4. The van der Waals surface area contributed by atoms with E-state index in [1.165, 1.54) is 5.56 Å². The lowest BCUT2D eigenvalue weighted by Gasteiger charge is -2.18. The molecule has 0 aromatic heterocycles. The highest BCUT2D eigenvalue weighted by Crippen LogP contribution is 2.37. The Balaban J connectivity index is 3.23. The average molecular weight is 308 g/mol. The predicted octanol–water partition coefficient (Wildman–Crippen LogP) is 5.09. The van der Waals surface area contributed by atoms with Crippen molar-refractivity contribution in [1.29, 1.82) is 0 Å². The quantitative estimate of drug-likeness (QED) is 0.379. The molecule has 4 nitrogen and oxygen atoms in total. The highest BCUT2D eigenvalue weighted by atomic mass is 16.7. The first kappa shape index (κ1) is 18.3. The highest BCUT2D eigenvalue weighted by Gasteiger charge is 2.18. The Bertz CT molecular complexity index is 494. The molecule has 0 unspecified atom stereocenters. The summed E-state index contributed by atoms with van der Waals surface area (Å²) in [7, 11) is 0. The number of aryl methyl sites for hydroxylation is 1. The molecule has 0 spiro atoms. The van der Waals surface area contributed by atoms with Crippen LogP contribution in [0.25, 0.3) is 0 Å². The van der Waals surface area contributed by atoms with Crippen LogP contribution in [0.4, 0.5) is 4.79 Å². The molecule has 0 saturated heterocycles. The van der Waals surface area contributed by atoms with E-state index >= 15 is 0 Å². The summed E-state index contributed by atoms with van der Waals surface area (Å²) in [6.07, 6.45) is 6.60. The number of benzene rings is 1. The van der Waals surface area contributed by atoms with Crippen molar-refractivity contribution in [3.05, 3.63) is 22.8 Å². The monoisotopic (exact) mass is 308 g/mol. The Kier molecular flexibility index (Phi) is 7.78. The molecule has 4 heteroatoms. The van der Waals surface area contributed by atoms with E-state index in [1.807, 2.05) is 6.92 Å². The van der Waals surface area contributed by atoms with Gasteiger partial charge in [0.15, 0.2) is 11.5 Å². The second-order valence-corrected chi connectivity index (χ2v) is 5.62. The summed E-state index contributed by atoms with van der Waals surface area (Å²) in [4.78, 5) is 10.8. The van der Waals surface area contributed by atoms with Crippen LogP contribution < -0.4 is 4.74 Å². The molecule has 0 atom stereocenters. The minimum Gasteiger partial charge on any atom is -0.504 e. The third kappa shape index (κ3) is 4.93. The molecule has 0 aliphatic heterocycles. The van der Waals surface area contributed by atoms with Gasteiger partial charge < -0.3 is 14.9 Å². The van der Waals surface area contributed by atoms with Crippen molar-refractivity contribution >= 4 is 6.16 Å². The second-order valence-electron chi connectivity index (χ2n) is 5.62. The lowest BCUT2D eigenvalue weighted by molar-refractivity contribution is 0.142. The summed E-state index contributed by atoms with van der Waals surface area (Å²) in [5, 5.41) is 19.2. The smallest absolute Gasteiger partial charge is 0.504 e. The normalized spacial score (nSPS) is 10.7. The van der Waals surface area contributed by atoms with Gasteiger partial charge in [-0.15, -0.1) is 0 Å². The van der Waals surface area contributed by atoms with Gasteiger partial charge in [0.25, 0.3) is 0 Å². The van der Waals surface area contributed by atoms with Gasteiger partial charge >= 0.3 is 6.16 Å². The van der Waals surface area contributed by atoms with Crippen LogP contribution in [-0.4, -0.2) is 16.4 Å². The van der Waals surface area contributed by atoms with Crippen LogP contribution in [0, 0.1) is 0 Å². The fourth-order valence-corrected chi connectivity index (χ4v) is 2.81. The molecule has 0 heterocycles. The number of phenols is 1. The van der Waals surface area contributed by atoms with Crippen molar-refractivity contribution in [2.75, 3.05) is 0 Å². The molecule has 0 radical (unpaired) electrons. The first-order valence-electron chi connectivity index (χ1n) is 8.32. The standard InChI is InChI=1S/C18H28O4/c1-4-7-9-10-13-12-16(22-18(20)21)17(19)14(6-3)15(13)11-8-5-2/h12,19H,4-11H2,1-3H3,(H,20,21). The highest BCUT2D eigenvalue weighted by molar-refractivity contribution is 5.65. The summed E-state index contributed by atoms with van der Waals surface area (Å²) in [6, 6.07) is 1.71.